The van der Waals surface area contributed by atoms with Crippen molar-refractivity contribution >= 4 is 23.1 Å². The molecule has 0 aromatic heterocycles. The van der Waals surface area contributed by atoms with Gasteiger partial charge in [-0.2, -0.15) is 0 Å². The number of rotatable bonds is 3. The number of fused-ring (bicyclic) bond motifs is 1. The third-order valence-corrected chi connectivity index (χ3v) is 3.86. The summed E-state index contributed by atoms with van der Waals surface area (Å²) in [5.41, 5.74) is 8.49. The molecule has 0 amide bonds. The summed E-state index contributed by atoms with van der Waals surface area (Å²) < 4.78 is 0. The normalized spacial score (nSPS) is 12.1. The Hall–Kier alpha value is -0.357. The van der Waals surface area contributed by atoms with Gasteiger partial charge in [0, 0.05) is 0 Å². The van der Waals surface area contributed by atoms with Crippen LogP contribution in [0.5, 0.6) is 0 Å². The van der Waals surface area contributed by atoms with Crippen molar-refractivity contribution in [3.63, 3.8) is 0 Å². The van der Waals surface area contributed by atoms with Crippen molar-refractivity contribution in [2.45, 2.75) is 33.1 Å². The summed E-state index contributed by atoms with van der Waals surface area (Å²) in [4.78, 5) is 0. The second kappa shape index (κ2) is 9.06. The molecule has 0 N–H and O–H groups in total. The van der Waals surface area contributed by atoms with Crippen molar-refractivity contribution in [3.05, 3.63) is 64.7 Å². The topological polar surface area (TPSA) is 0 Å². The number of halogens is 2. The van der Waals surface area contributed by atoms with Crippen molar-refractivity contribution in [2.24, 2.45) is 0 Å². The monoisotopic (exact) mass is 408 g/mol. The molecule has 114 valence electrons. The molecule has 0 fully saturated rings. The summed E-state index contributed by atoms with van der Waals surface area (Å²) in [5.74, 6) is 0. The molecular weight excluding hydrogens is 390 g/mol. The fourth-order valence-electron chi connectivity index (χ4n) is 2.93. The Kier molecular flexibility index (Phi) is 7.41. The van der Waals surface area contributed by atoms with Crippen LogP contribution in [-0.2, 0) is 33.7 Å². The molecule has 0 saturated heterocycles. The Morgan fingerprint density at radius 3 is 2.36 bits per heavy atom. The minimum atomic E-state index is -0.826. The molecule has 22 heavy (non-hydrogen) atoms. The van der Waals surface area contributed by atoms with Crippen LogP contribution in [0.4, 0.5) is 0 Å². The molecule has 2 aromatic carbocycles. The van der Waals surface area contributed by atoms with Gasteiger partial charge in [0.2, 0.25) is 0 Å². The van der Waals surface area contributed by atoms with Gasteiger partial charge in [-0.15, -0.1) is 0 Å². The van der Waals surface area contributed by atoms with Gasteiger partial charge in [0.15, 0.2) is 0 Å². The maximum atomic E-state index is 4.93. The average Bonchev–Trinajstić information content (AvgIpc) is 2.89. The quantitative estimate of drug-likeness (QED) is 0.532. The van der Waals surface area contributed by atoms with Crippen molar-refractivity contribution in [3.8, 4) is 11.1 Å². The molecule has 0 bridgehead atoms. The van der Waals surface area contributed by atoms with Crippen LogP contribution in [0.2, 0.25) is 0 Å². The maximum absolute atomic E-state index is 4.93. The zero-order valence-electron chi connectivity index (χ0n) is 13.0. The molecule has 0 aliphatic heterocycles. The SMILES string of the molecule is CCCc1ccc(-c2cccc3c2C=C(C)C3)cc1.[Cl][Zr][Cl]. The first-order chi connectivity index (χ1) is 10.7. The van der Waals surface area contributed by atoms with E-state index in [1.807, 2.05) is 0 Å². The Labute approximate surface area is 152 Å². The van der Waals surface area contributed by atoms with E-state index in [1.54, 1.807) is 0 Å². The van der Waals surface area contributed by atoms with Crippen LogP contribution in [0.25, 0.3) is 17.2 Å². The first-order valence-corrected chi connectivity index (χ1v) is 13.9. The molecule has 0 atom stereocenters. The van der Waals surface area contributed by atoms with Gasteiger partial charge >= 0.3 is 37.9 Å². The van der Waals surface area contributed by atoms with Crippen LogP contribution in [0.1, 0.15) is 37.0 Å². The van der Waals surface area contributed by atoms with E-state index >= 15 is 0 Å². The molecule has 0 radical (unpaired) electrons. The summed E-state index contributed by atoms with van der Waals surface area (Å²) in [5, 5.41) is 0. The molecule has 2 aromatic rings. The molecule has 0 saturated carbocycles. The van der Waals surface area contributed by atoms with Crippen LogP contribution >= 0.6 is 17.0 Å². The molecule has 0 spiro atoms. The van der Waals surface area contributed by atoms with Crippen LogP contribution in [0.3, 0.4) is 0 Å². The number of allylic oxidation sites excluding steroid dienone is 1. The molecule has 1 aliphatic rings. The molecule has 0 unspecified atom stereocenters. The summed E-state index contributed by atoms with van der Waals surface area (Å²) in [7, 11) is 9.87. The molecule has 0 heterocycles. The summed E-state index contributed by atoms with van der Waals surface area (Å²) in [6.45, 7) is 4.44. The van der Waals surface area contributed by atoms with Gasteiger partial charge in [-0.05, 0) is 47.6 Å². The molecular formula is C19H20Cl2Zr. The third-order valence-electron chi connectivity index (χ3n) is 3.86. The Balaban J connectivity index is 0.000000545. The van der Waals surface area contributed by atoms with E-state index in [0.717, 1.165) is 6.42 Å². The van der Waals surface area contributed by atoms with Crippen LogP contribution in [0.15, 0.2) is 48.0 Å². The van der Waals surface area contributed by atoms with Gasteiger partial charge in [-0.1, -0.05) is 67.5 Å². The Bertz CT molecular complexity index is 645. The minimum absolute atomic E-state index is 0.826. The predicted octanol–water partition coefficient (Wildman–Crippen LogP) is 6.64. The third kappa shape index (κ3) is 4.57. The fourth-order valence-corrected chi connectivity index (χ4v) is 2.93. The zero-order valence-corrected chi connectivity index (χ0v) is 17.0. The van der Waals surface area contributed by atoms with Gasteiger partial charge in [-0.3, -0.25) is 0 Å². The summed E-state index contributed by atoms with van der Waals surface area (Å²) >= 11 is -0.826. The van der Waals surface area contributed by atoms with Crippen molar-refractivity contribution in [1.29, 1.82) is 0 Å². The summed E-state index contributed by atoms with van der Waals surface area (Å²) in [6.07, 6.45) is 5.83. The number of hydrogen-bond acceptors (Lipinski definition) is 0. The molecule has 3 rings (SSSR count). The van der Waals surface area contributed by atoms with Gasteiger partial charge in [0.25, 0.3) is 0 Å². The van der Waals surface area contributed by atoms with Crippen molar-refractivity contribution in [1.82, 2.24) is 0 Å². The van der Waals surface area contributed by atoms with Gasteiger partial charge < -0.3 is 0 Å². The van der Waals surface area contributed by atoms with E-state index in [2.05, 4.69) is 62.4 Å². The second-order valence-corrected chi connectivity index (χ2v) is 9.30. The van der Waals surface area contributed by atoms with E-state index in [9.17, 15) is 0 Å². The molecule has 0 nitrogen and oxygen atoms in total. The van der Waals surface area contributed by atoms with Gasteiger partial charge in [0.1, 0.15) is 0 Å². The van der Waals surface area contributed by atoms with E-state index in [0.29, 0.717) is 0 Å². The zero-order chi connectivity index (χ0) is 15.9. The van der Waals surface area contributed by atoms with Crippen LogP contribution in [0, 0.1) is 0 Å². The first-order valence-electron chi connectivity index (χ1n) is 7.54. The van der Waals surface area contributed by atoms with E-state index in [1.165, 1.54) is 46.2 Å². The Morgan fingerprint density at radius 2 is 1.73 bits per heavy atom. The van der Waals surface area contributed by atoms with Crippen molar-refractivity contribution < 1.29 is 20.8 Å². The van der Waals surface area contributed by atoms with Gasteiger partial charge in [-0.25, -0.2) is 0 Å². The molecule has 3 heteroatoms. The first kappa shape index (κ1) is 18.0. The second-order valence-electron chi connectivity index (χ2n) is 5.56. The Morgan fingerprint density at radius 1 is 1.05 bits per heavy atom. The fraction of sp³-hybridized carbons (Fsp3) is 0.263. The molecule has 1 aliphatic carbocycles. The van der Waals surface area contributed by atoms with Crippen LogP contribution in [-0.4, -0.2) is 0 Å². The van der Waals surface area contributed by atoms with Crippen molar-refractivity contribution in [2.75, 3.05) is 0 Å². The van der Waals surface area contributed by atoms with E-state index in [-0.39, 0.29) is 0 Å². The van der Waals surface area contributed by atoms with Gasteiger partial charge in [0.05, 0.1) is 0 Å². The summed E-state index contributed by atoms with van der Waals surface area (Å²) in [6, 6.07) is 15.7. The number of aryl methyl sites for hydroxylation is 1. The van der Waals surface area contributed by atoms with E-state index < -0.39 is 20.8 Å². The number of benzene rings is 2. The average molecular weight is 410 g/mol. The number of hydrogen-bond donors (Lipinski definition) is 0. The van der Waals surface area contributed by atoms with E-state index in [4.69, 9.17) is 17.0 Å². The standard InChI is InChI=1S/C19H20.2ClH.Zr/c1-3-5-15-8-10-16(11-9-15)18-7-4-6-17-12-14(2)13-19(17)18;;;/h4,6-11,13H,3,5,12H2,1-2H3;2*1H;/q;;;+2/p-2. The predicted molar refractivity (Wildman–Crippen MR) is 94.9 cm³/mol. The van der Waals surface area contributed by atoms with Crippen LogP contribution < -0.4 is 0 Å².